The number of Topliss-reactive ketones (excluding diaryl/α,β-unsaturated/α-hetero) is 1. The topological polar surface area (TPSA) is 47.3 Å². The van der Waals surface area contributed by atoms with Crippen LogP contribution in [0.15, 0.2) is 67.0 Å². The fourth-order valence-corrected chi connectivity index (χ4v) is 5.22. The Balaban J connectivity index is 1.19. The van der Waals surface area contributed by atoms with Gasteiger partial charge >= 0.3 is 5.97 Å². The zero-order valence-corrected chi connectivity index (χ0v) is 24.8. The van der Waals surface area contributed by atoms with E-state index in [2.05, 4.69) is 13.0 Å². The largest absolute Gasteiger partial charge is 0.462 e. The average molecular weight is 545 g/mol. The number of hydrogen-bond acceptors (Lipinski definition) is 3. The summed E-state index contributed by atoms with van der Waals surface area (Å²) in [5, 5.41) is 2.24. The highest BCUT2D eigenvalue weighted by Crippen LogP contribution is 2.14. The van der Waals surface area contributed by atoms with Crippen molar-refractivity contribution in [2.45, 2.75) is 116 Å². The number of ketones is 1. The molecule has 4 nitrogen and oxygen atoms in total. The summed E-state index contributed by atoms with van der Waals surface area (Å²) >= 11 is 0. The number of unbranched alkanes of at least 4 members (excludes halogenated alkanes) is 15. The van der Waals surface area contributed by atoms with Crippen LogP contribution < -0.4 is 4.57 Å². The SMILES string of the molecule is CCCCCCCCCCCCCCCCCCOC(=O)c1ccc(C(=O)C[n+]2ccc3ccccc3c2)cc1. The van der Waals surface area contributed by atoms with E-state index >= 15 is 0 Å². The summed E-state index contributed by atoms with van der Waals surface area (Å²) < 4.78 is 7.35. The van der Waals surface area contributed by atoms with Crippen molar-refractivity contribution in [1.82, 2.24) is 0 Å². The molecule has 0 spiro atoms. The molecule has 1 aromatic heterocycles. The zero-order valence-electron chi connectivity index (χ0n) is 24.8. The van der Waals surface area contributed by atoms with Gasteiger partial charge in [0.1, 0.15) is 0 Å². The molecule has 1 heterocycles. The standard InChI is InChI=1S/C36H50NO3/c1-2-3-4-5-6-7-8-9-10-11-12-13-14-15-16-19-28-40-36(39)33-24-22-32(23-25-33)35(38)30-37-27-26-31-20-17-18-21-34(31)29-37/h17-18,20-27,29H,2-16,19,28,30H2,1H3/q+1. The first kappa shape index (κ1) is 31.5. The fourth-order valence-electron chi connectivity index (χ4n) is 5.22. The molecule has 0 N–H and O–H groups in total. The van der Waals surface area contributed by atoms with Crippen LogP contribution in [-0.4, -0.2) is 18.4 Å². The lowest BCUT2D eigenvalue weighted by atomic mass is 10.0. The maximum absolute atomic E-state index is 12.7. The molecule has 0 aliphatic heterocycles. The molecule has 0 saturated carbocycles. The van der Waals surface area contributed by atoms with E-state index in [1.54, 1.807) is 24.3 Å². The van der Waals surface area contributed by atoms with Crippen molar-refractivity contribution >= 4 is 22.5 Å². The molecule has 0 amide bonds. The number of pyridine rings is 1. The summed E-state index contributed by atoms with van der Waals surface area (Å²) in [6.45, 7) is 2.99. The number of fused-ring (bicyclic) bond motifs is 1. The van der Waals surface area contributed by atoms with Crippen molar-refractivity contribution in [2.24, 2.45) is 0 Å². The van der Waals surface area contributed by atoms with Gasteiger partial charge in [-0.05, 0) is 30.0 Å². The first-order valence-corrected chi connectivity index (χ1v) is 15.9. The van der Waals surface area contributed by atoms with E-state index in [9.17, 15) is 9.59 Å². The quantitative estimate of drug-likeness (QED) is 0.0581. The molecule has 0 aliphatic carbocycles. The van der Waals surface area contributed by atoms with E-state index in [1.807, 2.05) is 41.2 Å². The van der Waals surface area contributed by atoms with Crippen LogP contribution in [0.25, 0.3) is 10.8 Å². The van der Waals surface area contributed by atoms with Gasteiger partial charge in [-0.25, -0.2) is 4.79 Å². The molecular formula is C36H50NO3+. The minimum absolute atomic E-state index is 0.00775. The lowest BCUT2D eigenvalue weighted by Crippen LogP contribution is -2.37. The van der Waals surface area contributed by atoms with Crippen LogP contribution in [0.4, 0.5) is 0 Å². The van der Waals surface area contributed by atoms with Gasteiger partial charge in [0.25, 0.3) is 0 Å². The monoisotopic (exact) mass is 544 g/mol. The van der Waals surface area contributed by atoms with Crippen molar-refractivity contribution in [3.8, 4) is 0 Å². The fraction of sp³-hybridized carbons (Fsp3) is 0.528. The van der Waals surface area contributed by atoms with Gasteiger partial charge < -0.3 is 4.74 Å². The second kappa shape index (κ2) is 19.1. The number of carbonyl (C=O) groups is 2. The van der Waals surface area contributed by atoms with E-state index in [0.717, 1.165) is 23.6 Å². The number of nitrogens with zero attached hydrogens (tertiary/aromatic N) is 1. The van der Waals surface area contributed by atoms with E-state index in [4.69, 9.17) is 4.74 Å². The van der Waals surface area contributed by atoms with Crippen molar-refractivity contribution in [3.05, 3.63) is 78.1 Å². The predicted octanol–water partition coefficient (Wildman–Crippen LogP) is 9.43. The van der Waals surface area contributed by atoms with Gasteiger partial charge in [0.2, 0.25) is 12.3 Å². The molecule has 0 bridgehead atoms. The molecule has 0 radical (unpaired) electrons. The second-order valence-electron chi connectivity index (χ2n) is 11.2. The Hall–Kier alpha value is -3.01. The molecule has 40 heavy (non-hydrogen) atoms. The Morgan fingerprint density at radius 1 is 0.600 bits per heavy atom. The van der Waals surface area contributed by atoms with Gasteiger partial charge in [-0.1, -0.05) is 134 Å². The highest BCUT2D eigenvalue weighted by Gasteiger charge is 2.14. The maximum Gasteiger partial charge on any atom is 0.338 e. The van der Waals surface area contributed by atoms with E-state index in [-0.39, 0.29) is 18.3 Å². The summed E-state index contributed by atoms with van der Waals surface area (Å²) in [4.78, 5) is 25.1. The number of benzene rings is 2. The molecular weight excluding hydrogens is 494 g/mol. The Kier molecular flexibility index (Phi) is 15.1. The van der Waals surface area contributed by atoms with Gasteiger partial charge in [-0.2, -0.15) is 4.57 Å². The van der Waals surface area contributed by atoms with Crippen LogP contribution in [0.2, 0.25) is 0 Å². The highest BCUT2D eigenvalue weighted by atomic mass is 16.5. The highest BCUT2D eigenvalue weighted by molar-refractivity contribution is 5.96. The Morgan fingerprint density at radius 2 is 1.10 bits per heavy atom. The van der Waals surface area contributed by atoms with Gasteiger partial charge in [0.05, 0.1) is 12.2 Å². The van der Waals surface area contributed by atoms with Crippen LogP contribution in [0.1, 0.15) is 130 Å². The van der Waals surface area contributed by atoms with Crippen molar-refractivity contribution in [3.63, 3.8) is 0 Å². The first-order chi connectivity index (χ1) is 19.7. The van der Waals surface area contributed by atoms with E-state index < -0.39 is 0 Å². The molecule has 3 aromatic rings. The first-order valence-electron chi connectivity index (χ1n) is 15.9. The molecule has 0 aliphatic rings. The molecule has 0 atom stereocenters. The minimum Gasteiger partial charge on any atom is -0.462 e. The Bertz CT molecular complexity index is 1140. The molecule has 4 heteroatoms. The summed E-state index contributed by atoms with van der Waals surface area (Å²) in [6.07, 6.45) is 25.1. The van der Waals surface area contributed by atoms with Gasteiger partial charge in [-0.15, -0.1) is 0 Å². The van der Waals surface area contributed by atoms with Crippen molar-refractivity contribution in [1.29, 1.82) is 0 Å². The molecule has 0 unspecified atom stereocenters. The number of hydrogen-bond donors (Lipinski definition) is 0. The minimum atomic E-state index is -0.316. The Labute approximate surface area is 242 Å². The van der Waals surface area contributed by atoms with Crippen LogP contribution in [0.5, 0.6) is 0 Å². The van der Waals surface area contributed by atoms with Crippen LogP contribution in [-0.2, 0) is 11.3 Å². The van der Waals surface area contributed by atoms with Gasteiger partial charge in [0.15, 0.2) is 12.4 Å². The summed E-state index contributed by atoms with van der Waals surface area (Å²) in [6, 6.07) is 16.9. The van der Waals surface area contributed by atoms with Crippen LogP contribution in [0.3, 0.4) is 0 Å². The van der Waals surface area contributed by atoms with Crippen LogP contribution in [0, 0.1) is 0 Å². The maximum atomic E-state index is 12.7. The smallest absolute Gasteiger partial charge is 0.338 e. The summed E-state index contributed by atoms with van der Waals surface area (Å²) in [5.74, 6) is -0.308. The van der Waals surface area contributed by atoms with E-state index in [0.29, 0.717) is 17.7 Å². The third-order valence-electron chi connectivity index (χ3n) is 7.75. The number of aromatic nitrogens is 1. The summed E-state index contributed by atoms with van der Waals surface area (Å²) in [5.41, 5.74) is 1.08. The third kappa shape index (κ3) is 12.0. The number of esters is 1. The number of carbonyl (C=O) groups excluding carboxylic acids is 2. The van der Waals surface area contributed by atoms with Gasteiger partial charge in [0, 0.05) is 17.0 Å². The molecule has 0 fully saturated rings. The van der Waals surface area contributed by atoms with Gasteiger partial charge in [-0.3, -0.25) is 4.79 Å². The predicted molar refractivity (Wildman–Crippen MR) is 165 cm³/mol. The molecule has 216 valence electrons. The summed E-state index contributed by atoms with van der Waals surface area (Å²) in [7, 11) is 0. The average Bonchev–Trinajstić information content (AvgIpc) is 2.98. The normalized spacial score (nSPS) is 11.1. The lowest BCUT2D eigenvalue weighted by Gasteiger charge is -2.06. The van der Waals surface area contributed by atoms with Crippen LogP contribution >= 0.6 is 0 Å². The zero-order chi connectivity index (χ0) is 28.3. The van der Waals surface area contributed by atoms with Crippen molar-refractivity contribution < 1.29 is 18.9 Å². The third-order valence-corrected chi connectivity index (χ3v) is 7.75. The lowest BCUT2D eigenvalue weighted by molar-refractivity contribution is -0.681. The second-order valence-corrected chi connectivity index (χ2v) is 11.2. The van der Waals surface area contributed by atoms with Crippen molar-refractivity contribution in [2.75, 3.05) is 6.61 Å². The molecule has 2 aromatic carbocycles. The van der Waals surface area contributed by atoms with E-state index in [1.165, 1.54) is 89.9 Å². The molecule has 0 saturated heterocycles. The Morgan fingerprint density at radius 3 is 1.68 bits per heavy atom. The number of ether oxygens (including phenoxy) is 1. The molecule has 3 rings (SSSR count). The number of rotatable bonds is 21.